The molecular weight excluding hydrogens is 709 g/mol. The normalized spacial score (nSPS) is 11.8. The fraction of sp³-hybridized carbons (Fsp3) is 0.909. The van der Waals surface area contributed by atoms with Gasteiger partial charge in [0.15, 0.2) is 0 Å². The lowest BCUT2D eigenvalue weighted by Gasteiger charge is -2.06. The summed E-state index contributed by atoms with van der Waals surface area (Å²) in [6, 6.07) is 0. The minimum atomic E-state index is 0.0132. The van der Waals surface area contributed by atoms with E-state index in [0.29, 0.717) is 19.6 Å². The lowest BCUT2D eigenvalue weighted by Crippen LogP contribution is -2.05. The lowest BCUT2D eigenvalue weighted by atomic mass is 10.0. The van der Waals surface area contributed by atoms with Gasteiger partial charge in [-0.15, -0.1) is 0 Å². The van der Waals surface area contributed by atoms with Crippen LogP contribution in [0.3, 0.4) is 0 Å². The second-order valence-electron chi connectivity index (χ2n) is 18.3. The standard InChI is InChI=1S/C55H106O3/c1-2-3-4-5-6-7-8-9-31-34-37-40-43-46-49-52-55(57)58-54-51-48-45-42-39-36-33-30-28-26-24-22-20-18-16-14-12-10-11-13-15-17-19-21-23-25-27-29-32-35-38-41-44-47-50-53-56/h6-7,9,31,56H,2-5,8,10-30,32-54H2,1H3/b7-6-,31-9-. The van der Waals surface area contributed by atoms with Crippen LogP contribution in [0.1, 0.15) is 309 Å². The third-order valence-corrected chi connectivity index (χ3v) is 12.4. The summed E-state index contributed by atoms with van der Waals surface area (Å²) in [4.78, 5) is 12.0. The maximum atomic E-state index is 12.0. The van der Waals surface area contributed by atoms with Crippen molar-refractivity contribution in [1.29, 1.82) is 0 Å². The third-order valence-electron chi connectivity index (χ3n) is 12.4. The van der Waals surface area contributed by atoms with Crippen LogP contribution in [0.25, 0.3) is 0 Å². The predicted octanol–water partition coefficient (Wildman–Crippen LogP) is 19.0. The van der Waals surface area contributed by atoms with Crippen LogP contribution in [0, 0.1) is 0 Å². The molecule has 0 aromatic rings. The number of esters is 1. The molecular formula is C55H106O3. The van der Waals surface area contributed by atoms with Gasteiger partial charge in [0.05, 0.1) is 6.61 Å². The van der Waals surface area contributed by atoms with Crippen LogP contribution in [0.15, 0.2) is 24.3 Å². The van der Waals surface area contributed by atoms with Crippen molar-refractivity contribution in [3.8, 4) is 0 Å². The number of aliphatic hydroxyl groups excluding tert-OH is 1. The van der Waals surface area contributed by atoms with Gasteiger partial charge in [-0.25, -0.2) is 0 Å². The Balaban J connectivity index is 3.15. The number of aliphatic hydroxyl groups is 1. The summed E-state index contributed by atoms with van der Waals surface area (Å²) >= 11 is 0. The van der Waals surface area contributed by atoms with E-state index in [0.717, 1.165) is 32.1 Å². The molecule has 0 rings (SSSR count). The fourth-order valence-electron chi connectivity index (χ4n) is 8.39. The highest BCUT2D eigenvalue weighted by molar-refractivity contribution is 5.69. The van der Waals surface area contributed by atoms with Gasteiger partial charge in [0.1, 0.15) is 0 Å². The Labute approximate surface area is 365 Å². The molecule has 0 aromatic carbocycles. The zero-order chi connectivity index (χ0) is 41.8. The monoisotopic (exact) mass is 815 g/mol. The van der Waals surface area contributed by atoms with Crippen molar-refractivity contribution in [3.63, 3.8) is 0 Å². The van der Waals surface area contributed by atoms with E-state index in [1.165, 1.54) is 263 Å². The summed E-state index contributed by atoms with van der Waals surface area (Å²) < 4.78 is 5.48. The summed E-state index contributed by atoms with van der Waals surface area (Å²) in [5, 5.41) is 8.82. The minimum Gasteiger partial charge on any atom is -0.466 e. The Morgan fingerprint density at radius 2 is 0.621 bits per heavy atom. The van der Waals surface area contributed by atoms with Crippen molar-refractivity contribution < 1.29 is 14.6 Å². The smallest absolute Gasteiger partial charge is 0.305 e. The molecule has 3 nitrogen and oxygen atoms in total. The van der Waals surface area contributed by atoms with Crippen LogP contribution in [-0.4, -0.2) is 24.3 Å². The topological polar surface area (TPSA) is 46.5 Å². The quantitative estimate of drug-likeness (QED) is 0.0378. The first-order valence-electron chi connectivity index (χ1n) is 26.9. The molecule has 0 heterocycles. The summed E-state index contributed by atoms with van der Waals surface area (Å²) in [7, 11) is 0. The Bertz CT molecular complexity index is 803. The highest BCUT2D eigenvalue weighted by Crippen LogP contribution is 2.18. The van der Waals surface area contributed by atoms with Crippen molar-refractivity contribution in [2.75, 3.05) is 13.2 Å². The molecule has 58 heavy (non-hydrogen) atoms. The van der Waals surface area contributed by atoms with E-state index in [9.17, 15) is 4.79 Å². The van der Waals surface area contributed by atoms with Crippen molar-refractivity contribution >= 4 is 5.97 Å². The van der Waals surface area contributed by atoms with E-state index in [-0.39, 0.29) is 5.97 Å². The van der Waals surface area contributed by atoms with Gasteiger partial charge in [0.25, 0.3) is 0 Å². The highest BCUT2D eigenvalue weighted by Gasteiger charge is 2.03. The van der Waals surface area contributed by atoms with Gasteiger partial charge in [-0.05, 0) is 51.4 Å². The minimum absolute atomic E-state index is 0.0132. The van der Waals surface area contributed by atoms with Crippen LogP contribution in [0.5, 0.6) is 0 Å². The van der Waals surface area contributed by atoms with Crippen LogP contribution < -0.4 is 0 Å². The largest absolute Gasteiger partial charge is 0.466 e. The Hall–Kier alpha value is -1.09. The van der Waals surface area contributed by atoms with E-state index < -0.39 is 0 Å². The average Bonchev–Trinajstić information content (AvgIpc) is 3.23. The molecule has 0 saturated heterocycles. The summed E-state index contributed by atoms with van der Waals surface area (Å²) in [6.45, 7) is 3.25. The van der Waals surface area contributed by atoms with Gasteiger partial charge in [-0.3, -0.25) is 4.79 Å². The van der Waals surface area contributed by atoms with Gasteiger partial charge in [0.2, 0.25) is 0 Å². The zero-order valence-electron chi connectivity index (χ0n) is 39.7. The highest BCUT2D eigenvalue weighted by atomic mass is 16.5. The molecule has 0 spiro atoms. The van der Waals surface area contributed by atoms with Gasteiger partial charge >= 0.3 is 5.97 Å². The average molecular weight is 815 g/mol. The van der Waals surface area contributed by atoms with Gasteiger partial charge in [-0.1, -0.05) is 275 Å². The van der Waals surface area contributed by atoms with Gasteiger partial charge in [0, 0.05) is 13.0 Å². The molecule has 344 valence electrons. The van der Waals surface area contributed by atoms with Crippen LogP contribution in [0.4, 0.5) is 0 Å². The molecule has 3 heteroatoms. The van der Waals surface area contributed by atoms with E-state index in [4.69, 9.17) is 9.84 Å². The first-order valence-corrected chi connectivity index (χ1v) is 26.9. The maximum Gasteiger partial charge on any atom is 0.305 e. The van der Waals surface area contributed by atoms with Gasteiger partial charge in [-0.2, -0.15) is 0 Å². The second kappa shape index (κ2) is 53.9. The van der Waals surface area contributed by atoms with Crippen LogP contribution >= 0.6 is 0 Å². The summed E-state index contributed by atoms with van der Waals surface area (Å²) in [6.07, 6.45) is 72.1. The van der Waals surface area contributed by atoms with E-state index in [1.54, 1.807) is 0 Å². The zero-order valence-corrected chi connectivity index (χ0v) is 39.7. The lowest BCUT2D eigenvalue weighted by molar-refractivity contribution is -0.143. The predicted molar refractivity (Wildman–Crippen MR) is 259 cm³/mol. The molecule has 0 atom stereocenters. The molecule has 0 aliphatic rings. The van der Waals surface area contributed by atoms with Crippen molar-refractivity contribution in [3.05, 3.63) is 24.3 Å². The molecule has 0 unspecified atom stereocenters. The number of carbonyl (C=O) groups excluding carboxylic acids is 1. The van der Waals surface area contributed by atoms with Crippen LogP contribution in [-0.2, 0) is 9.53 Å². The molecule has 0 aliphatic heterocycles. The number of rotatable bonds is 51. The third kappa shape index (κ3) is 52.9. The van der Waals surface area contributed by atoms with E-state index >= 15 is 0 Å². The molecule has 0 saturated carbocycles. The molecule has 0 bridgehead atoms. The fourth-order valence-corrected chi connectivity index (χ4v) is 8.39. The summed E-state index contributed by atoms with van der Waals surface area (Å²) in [5.74, 6) is 0.0132. The van der Waals surface area contributed by atoms with Crippen molar-refractivity contribution in [2.45, 2.75) is 309 Å². The molecule has 0 aromatic heterocycles. The van der Waals surface area contributed by atoms with Crippen molar-refractivity contribution in [2.24, 2.45) is 0 Å². The molecule has 0 aliphatic carbocycles. The Kier molecular flexibility index (Phi) is 52.9. The molecule has 1 N–H and O–H groups in total. The molecule has 0 amide bonds. The molecule has 0 radical (unpaired) electrons. The number of allylic oxidation sites excluding steroid dienone is 4. The van der Waals surface area contributed by atoms with Gasteiger partial charge < -0.3 is 9.84 Å². The van der Waals surface area contributed by atoms with Crippen LogP contribution in [0.2, 0.25) is 0 Å². The number of hydrogen-bond donors (Lipinski definition) is 1. The second-order valence-corrected chi connectivity index (χ2v) is 18.3. The number of ether oxygens (including phenoxy) is 1. The maximum absolute atomic E-state index is 12.0. The number of unbranched alkanes of at least 4 members (excludes halogenated alkanes) is 42. The van der Waals surface area contributed by atoms with E-state index in [2.05, 4.69) is 31.2 Å². The Morgan fingerprint density at radius 1 is 0.345 bits per heavy atom. The number of hydrogen-bond acceptors (Lipinski definition) is 3. The molecule has 0 fully saturated rings. The van der Waals surface area contributed by atoms with E-state index in [1.807, 2.05) is 0 Å². The summed E-state index contributed by atoms with van der Waals surface area (Å²) in [5.41, 5.74) is 0. The SMILES string of the molecule is CCCCC/C=C\C/C=C\CCCCCCCC(=O)OCCCCCCCCCCCCCCCCCCCCCCCCCCCCCCCCCCCCCO. The first-order chi connectivity index (χ1) is 28.8. The first kappa shape index (κ1) is 56.9. The Morgan fingerprint density at radius 3 is 0.948 bits per heavy atom. The number of carbonyl (C=O) groups is 1. The van der Waals surface area contributed by atoms with Crippen molar-refractivity contribution in [1.82, 2.24) is 0 Å².